The molecule has 1 atom stereocenters. The lowest BCUT2D eigenvalue weighted by Gasteiger charge is -2.18. The van der Waals surface area contributed by atoms with Crippen molar-refractivity contribution in [1.29, 1.82) is 0 Å². The van der Waals surface area contributed by atoms with Gasteiger partial charge in [0.25, 0.3) is 0 Å². The largest absolute Gasteiger partial charge is 0.478 e. The number of ether oxygens (including phenoxy) is 1. The Morgan fingerprint density at radius 2 is 1.60 bits per heavy atom. The number of halogens is 3. The second-order valence-electron chi connectivity index (χ2n) is 3.95. The van der Waals surface area contributed by atoms with Gasteiger partial charge in [-0.25, -0.2) is 4.79 Å². The van der Waals surface area contributed by atoms with Crippen molar-refractivity contribution in [2.45, 2.75) is 6.10 Å². The molecule has 0 amide bonds. The fraction of sp³-hybridized carbons (Fsp3) is 0.0714. The van der Waals surface area contributed by atoms with Crippen molar-refractivity contribution < 1.29 is 14.6 Å². The van der Waals surface area contributed by atoms with Gasteiger partial charge in [0, 0.05) is 9.13 Å². The molecule has 0 saturated heterocycles. The lowest BCUT2D eigenvalue weighted by atomic mass is 10.1. The maximum absolute atomic E-state index is 11.5. The summed E-state index contributed by atoms with van der Waals surface area (Å²) in [5.41, 5.74) is 0.630. The Balaban J connectivity index is 2.38. The van der Waals surface area contributed by atoms with E-state index in [4.69, 9.17) is 4.74 Å². The summed E-state index contributed by atoms with van der Waals surface area (Å²) in [4.78, 5) is 11.5. The van der Waals surface area contributed by atoms with E-state index in [1.807, 2.05) is 18.2 Å². The molecule has 0 aromatic heterocycles. The minimum absolute atomic E-state index is 0.614. The second kappa shape index (κ2) is 7.25. The van der Waals surface area contributed by atoms with E-state index in [1.54, 1.807) is 24.3 Å². The first-order valence-electron chi connectivity index (χ1n) is 5.58. The monoisotopic (exact) mass is 606 g/mol. The molecule has 3 nitrogen and oxygen atoms in total. The normalized spacial score (nSPS) is 11.9. The predicted octanol–water partition coefficient (Wildman–Crippen LogP) is 4.71. The standard InChI is InChI=1S/C14H9I3O3/c15-9-6-10(16)13(11(17)7-9)20-12(14(18)19)8-4-2-1-3-5-8/h1-7,12H,(H,18,19)/t12-/m0/s1. The molecule has 0 radical (unpaired) electrons. The van der Waals surface area contributed by atoms with Gasteiger partial charge < -0.3 is 9.84 Å². The lowest BCUT2D eigenvalue weighted by molar-refractivity contribution is -0.145. The molecule has 104 valence electrons. The highest BCUT2D eigenvalue weighted by atomic mass is 127. The number of carboxylic acids is 1. The summed E-state index contributed by atoms with van der Waals surface area (Å²) in [6.07, 6.45) is -1.00. The zero-order valence-electron chi connectivity index (χ0n) is 10.0. The molecule has 20 heavy (non-hydrogen) atoms. The van der Waals surface area contributed by atoms with Gasteiger partial charge in [-0.15, -0.1) is 0 Å². The van der Waals surface area contributed by atoms with Gasteiger partial charge in [-0.2, -0.15) is 0 Å². The van der Waals surface area contributed by atoms with Gasteiger partial charge in [0.1, 0.15) is 5.75 Å². The van der Waals surface area contributed by atoms with E-state index >= 15 is 0 Å². The van der Waals surface area contributed by atoms with Crippen LogP contribution in [-0.2, 0) is 4.79 Å². The maximum atomic E-state index is 11.5. The van der Waals surface area contributed by atoms with Gasteiger partial charge >= 0.3 is 5.97 Å². The van der Waals surface area contributed by atoms with Crippen LogP contribution in [0.3, 0.4) is 0 Å². The predicted molar refractivity (Wildman–Crippen MR) is 102 cm³/mol. The number of carboxylic acid groups (broad SMARTS) is 1. The summed E-state index contributed by atoms with van der Waals surface area (Å²) in [6.45, 7) is 0. The number of carbonyl (C=O) groups is 1. The molecule has 0 aliphatic carbocycles. The molecular formula is C14H9I3O3. The molecule has 0 aliphatic rings. The van der Waals surface area contributed by atoms with Crippen molar-refractivity contribution in [3.05, 3.63) is 58.7 Å². The minimum Gasteiger partial charge on any atom is -0.478 e. The van der Waals surface area contributed by atoms with Crippen LogP contribution in [0.25, 0.3) is 0 Å². The lowest BCUT2D eigenvalue weighted by Crippen LogP contribution is -2.19. The summed E-state index contributed by atoms with van der Waals surface area (Å²) < 4.78 is 8.66. The smallest absolute Gasteiger partial charge is 0.349 e. The number of rotatable bonds is 4. The third kappa shape index (κ3) is 3.97. The highest BCUT2D eigenvalue weighted by Crippen LogP contribution is 2.33. The van der Waals surface area contributed by atoms with Crippen LogP contribution in [-0.4, -0.2) is 11.1 Å². The van der Waals surface area contributed by atoms with Crippen LogP contribution in [0.2, 0.25) is 0 Å². The minimum atomic E-state index is -1.00. The van der Waals surface area contributed by atoms with Gasteiger partial charge in [0.2, 0.25) is 6.10 Å². The summed E-state index contributed by atoms with van der Waals surface area (Å²) in [6, 6.07) is 12.9. The molecule has 0 fully saturated rings. The average Bonchev–Trinajstić information content (AvgIpc) is 2.38. The Hall–Kier alpha value is -0.100. The van der Waals surface area contributed by atoms with Crippen molar-refractivity contribution in [2.75, 3.05) is 0 Å². The molecular weight excluding hydrogens is 597 g/mol. The zero-order chi connectivity index (χ0) is 14.7. The number of hydrogen-bond acceptors (Lipinski definition) is 2. The molecule has 0 unspecified atom stereocenters. The fourth-order valence-corrected chi connectivity index (χ4v) is 5.49. The molecule has 1 N–H and O–H groups in total. The summed E-state index contributed by atoms with van der Waals surface area (Å²) in [5, 5.41) is 9.39. The third-order valence-corrected chi connectivity index (χ3v) is 4.75. The first kappa shape index (κ1) is 16.3. The third-order valence-electron chi connectivity index (χ3n) is 2.53. The first-order chi connectivity index (χ1) is 9.49. The van der Waals surface area contributed by atoms with E-state index in [2.05, 4.69) is 67.8 Å². The molecule has 0 saturated carbocycles. The zero-order valence-corrected chi connectivity index (χ0v) is 16.5. The van der Waals surface area contributed by atoms with Gasteiger partial charge in [-0.05, 0) is 79.9 Å². The van der Waals surface area contributed by atoms with Crippen molar-refractivity contribution >= 4 is 73.7 Å². The number of hydrogen-bond donors (Lipinski definition) is 1. The highest BCUT2D eigenvalue weighted by molar-refractivity contribution is 14.1. The Kier molecular flexibility index (Phi) is 5.90. The Morgan fingerprint density at radius 3 is 2.10 bits per heavy atom. The van der Waals surface area contributed by atoms with Crippen LogP contribution >= 0.6 is 67.8 Å². The van der Waals surface area contributed by atoms with Crippen LogP contribution in [0.4, 0.5) is 0 Å². The molecule has 0 heterocycles. The van der Waals surface area contributed by atoms with E-state index in [0.29, 0.717) is 11.3 Å². The summed E-state index contributed by atoms with van der Waals surface area (Å²) >= 11 is 6.55. The van der Waals surface area contributed by atoms with Gasteiger partial charge in [-0.1, -0.05) is 30.3 Å². The quantitative estimate of drug-likeness (QED) is 0.514. The second-order valence-corrected chi connectivity index (χ2v) is 7.52. The fourth-order valence-electron chi connectivity index (χ4n) is 1.65. The van der Waals surface area contributed by atoms with Crippen molar-refractivity contribution in [3.8, 4) is 5.75 Å². The van der Waals surface area contributed by atoms with Crippen LogP contribution in [0, 0.1) is 10.7 Å². The molecule has 0 spiro atoms. The Morgan fingerprint density at radius 1 is 1.05 bits per heavy atom. The van der Waals surface area contributed by atoms with Crippen molar-refractivity contribution in [2.24, 2.45) is 0 Å². The van der Waals surface area contributed by atoms with E-state index in [9.17, 15) is 9.90 Å². The van der Waals surface area contributed by atoms with E-state index in [0.717, 1.165) is 10.7 Å². The summed E-state index contributed by atoms with van der Waals surface area (Å²) in [5.74, 6) is -0.385. The highest BCUT2D eigenvalue weighted by Gasteiger charge is 2.23. The van der Waals surface area contributed by atoms with Gasteiger partial charge in [0.15, 0.2) is 0 Å². The van der Waals surface area contributed by atoms with Gasteiger partial charge in [-0.3, -0.25) is 0 Å². The van der Waals surface area contributed by atoms with Crippen LogP contribution in [0.5, 0.6) is 5.75 Å². The number of aliphatic carboxylic acids is 1. The van der Waals surface area contributed by atoms with E-state index in [-0.39, 0.29) is 0 Å². The van der Waals surface area contributed by atoms with Crippen LogP contribution < -0.4 is 4.74 Å². The SMILES string of the molecule is O=C(O)[C@@H](Oc1c(I)cc(I)cc1I)c1ccccc1. The summed E-state index contributed by atoms with van der Waals surface area (Å²) in [7, 11) is 0. The van der Waals surface area contributed by atoms with Crippen molar-refractivity contribution in [3.63, 3.8) is 0 Å². The molecule has 2 aromatic rings. The molecule has 2 aromatic carbocycles. The van der Waals surface area contributed by atoms with Crippen molar-refractivity contribution in [1.82, 2.24) is 0 Å². The first-order valence-corrected chi connectivity index (χ1v) is 8.81. The van der Waals surface area contributed by atoms with Crippen LogP contribution in [0.1, 0.15) is 11.7 Å². The maximum Gasteiger partial charge on any atom is 0.349 e. The van der Waals surface area contributed by atoms with Crippen LogP contribution in [0.15, 0.2) is 42.5 Å². The molecule has 0 aliphatic heterocycles. The topological polar surface area (TPSA) is 46.5 Å². The molecule has 6 heteroatoms. The number of benzene rings is 2. The Bertz CT molecular complexity index is 606. The van der Waals surface area contributed by atoms with E-state index < -0.39 is 12.1 Å². The van der Waals surface area contributed by atoms with Gasteiger partial charge in [0.05, 0.1) is 7.14 Å². The average molecular weight is 606 g/mol. The molecule has 0 bridgehead atoms. The molecule has 2 rings (SSSR count). The van der Waals surface area contributed by atoms with E-state index in [1.165, 1.54) is 0 Å². The Labute approximate surface area is 157 Å².